The lowest BCUT2D eigenvalue weighted by atomic mass is 10.2. The minimum absolute atomic E-state index is 0.257. The predicted octanol–water partition coefficient (Wildman–Crippen LogP) is 1.18. The molecule has 9 heavy (non-hydrogen) atoms. The number of phenolic OH excluding ortho intramolecular Hbond substituents is 1. The first-order valence-corrected chi connectivity index (χ1v) is 2.75. The third kappa shape index (κ3) is 1.44. The Morgan fingerprint density at radius 1 is 1.22 bits per heavy atom. The molecule has 0 spiro atoms. The van der Waals surface area contributed by atoms with Crippen LogP contribution >= 0.6 is 0 Å². The van der Waals surface area contributed by atoms with Gasteiger partial charge in [0.2, 0.25) is 0 Å². The SMILES string of the molecule is [NH]Cc1ccc(O)cc1. The van der Waals surface area contributed by atoms with E-state index in [1.165, 1.54) is 0 Å². The third-order valence-corrected chi connectivity index (χ3v) is 1.14. The highest BCUT2D eigenvalue weighted by molar-refractivity contribution is 5.25. The van der Waals surface area contributed by atoms with Gasteiger partial charge in [-0.25, -0.2) is 0 Å². The van der Waals surface area contributed by atoms with Gasteiger partial charge in [-0.05, 0) is 17.7 Å². The zero-order chi connectivity index (χ0) is 6.69. The first-order valence-electron chi connectivity index (χ1n) is 2.75. The van der Waals surface area contributed by atoms with Crippen LogP contribution in [0.15, 0.2) is 24.3 Å². The Morgan fingerprint density at radius 2 is 1.78 bits per heavy atom. The standard InChI is InChI=1S/C7H8NO/c8-5-6-1-3-7(9)4-2-6/h1-4,8-9H,5H2. The molecule has 1 aromatic rings. The van der Waals surface area contributed by atoms with E-state index in [1.54, 1.807) is 24.3 Å². The smallest absolute Gasteiger partial charge is 0.115 e. The molecule has 0 saturated heterocycles. The minimum atomic E-state index is 0.257. The summed E-state index contributed by atoms with van der Waals surface area (Å²) in [5.41, 5.74) is 7.86. The van der Waals surface area contributed by atoms with E-state index in [4.69, 9.17) is 10.8 Å². The summed E-state index contributed by atoms with van der Waals surface area (Å²) in [7, 11) is 0. The zero-order valence-electron chi connectivity index (χ0n) is 4.96. The Labute approximate surface area is 53.9 Å². The largest absolute Gasteiger partial charge is 0.508 e. The summed E-state index contributed by atoms with van der Waals surface area (Å²) in [6.07, 6.45) is 0. The Morgan fingerprint density at radius 3 is 2.22 bits per heavy atom. The Bertz CT molecular complexity index is 181. The van der Waals surface area contributed by atoms with Crippen LogP contribution < -0.4 is 5.73 Å². The Balaban J connectivity index is 2.88. The van der Waals surface area contributed by atoms with Crippen LogP contribution in [0.25, 0.3) is 0 Å². The third-order valence-electron chi connectivity index (χ3n) is 1.14. The van der Waals surface area contributed by atoms with E-state index in [0.717, 1.165) is 5.56 Å². The molecule has 1 aromatic carbocycles. The molecule has 0 unspecified atom stereocenters. The summed E-state index contributed by atoms with van der Waals surface area (Å²) >= 11 is 0. The van der Waals surface area contributed by atoms with E-state index >= 15 is 0 Å². The molecule has 0 saturated carbocycles. The lowest BCUT2D eigenvalue weighted by Gasteiger charge is -1.93. The van der Waals surface area contributed by atoms with Crippen molar-refractivity contribution in [3.63, 3.8) is 0 Å². The average Bonchev–Trinajstić information content (AvgIpc) is 1.90. The molecule has 0 aliphatic carbocycles. The summed E-state index contributed by atoms with van der Waals surface area (Å²) < 4.78 is 0. The number of nitrogens with one attached hydrogen (secondary N) is 1. The molecule has 2 N–H and O–H groups in total. The van der Waals surface area contributed by atoms with Crippen LogP contribution in [0.1, 0.15) is 5.56 Å². The van der Waals surface area contributed by atoms with Crippen LogP contribution in [-0.2, 0) is 6.54 Å². The van der Waals surface area contributed by atoms with Crippen molar-refractivity contribution in [3.05, 3.63) is 29.8 Å². The van der Waals surface area contributed by atoms with E-state index in [-0.39, 0.29) is 12.3 Å². The van der Waals surface area contributed by atoms with Crippen molar-refractivity contribution in [1.29, 1.82) is 0 Å². The second kappa shape index (κ2) is 2.51. The van der Waals surface area contributed by atoms with Crippen molar-refractivity contribution in [1.82, 2.24) is 5.73 Å². The lowest BCUT2D eigenvalue weighted by Crippen LogP contribution is -1.81. The number of benzene rings is 1. The highest BCUT2D eigenvalue weighted by Crippen LogP contribution is 2.08. The molecule has 0 bridgehead atoms. The predicted molar refractivity (Wildman–Crippen MR) is 34.9 cm³/mol. The van der Waals surface area contributed by atoms with E-state index in [9.17, 15) is 0 Å². The number of phenols is 1. The summed E-state index contributed by atoms with van der Waals surface area (Å²) in [4.78, 5) is 0. The highest BCUT2D eigenvalue weighted by atomic mass is 16.3. The van der Waals surface area contributed by atoms with Crippen LogP contribution in [0.3, 0.4) is 0 Å². The summed E-state index contributed by atoms with van der Waals surface area (Å²) in [6.45, 7) is 0.278. The number of rotatable bonds is 1. The van der Waals surface area contributed by atoms with Crippen molar-refractivity contribution in [2.75, 3.05) is 0 Å². The van der Waals surface area contributed by atoms with Gasteiger partial charge in [0.25, 0.3) is 0 Å². The number of hydrogen-bond donors (Lipinski definition) is 1. The van der Waals surface area contributed by atoms with Gasteiger partial charge in [-0.2, -0.15) is 0 Å². The van der Waals surface area contributed by atoms with Crippen LogP contribution in [0.5, 0.6) is 5.75 Å². The van der Waals surface area contributed by atoms with Gasteiger partial charge < -0.3 is 5.11 Å². The van der Waals surface area contributed by atoms with Gasteiger partial charge >= 0.3 is 0 Å². The normalized spacial score (nSPS) is 9.44. The zero-order valence-corrected chi connectivity index (χ0v) is 4.96. The number of hydrogen-bond acceptors (Lipinski definition) is 1. The fourth-order valence-corrected chi connectivity index (χ4v) is 0.614. The molecule has 47 valence electrons. The molecule has 0 heterocycles. The maximum absolute atomic E-state index is 8.79. The molecule has 0 fully saturated rings. The molecule has 0 aliphatic rings. The van der Waals surface area contributed by atoms with Gasteiger partial charge in [-0.3, -0.25) is 5.73 Å². The molecule has 1 rings (SSSR count). The molecule has 0 aliphatic heterocycles. The second-order valence-corrected chi connectivity index (χ2v) is 1.84. The Kier molecular flexibility index (Phi) is 1.70. The quantitative estimate of drug-likeness (QED) is 0.597. The van der Waals surface area contributed by atoms with Gasteiger partial charge in [0.1, 0.15) is 5.75 Å². The van der Waals surface area contributed by atoms with E-state index in [1.807, 2.05) is 0 Å². The molecule has 0 atom stereocenters. The van der Waals surface area contributed by atoms with Crippen molar-refractivity contribution in [2.45, 2.75) is 6.54 Å². The number of aromatic hydroxyl groups is 1. The van der Waals surface area contributed by atoms with Crippen molar-refractivity contribution in [3.8, 4) is 5.75 Å². The van der Waals surface area contributed by atoms with Crippen LogP contribution in [-0.4, -0.2) is 5.11 Å². The second-order valence-electron chi connectivity index (χ2n) is 1.84. The van der Waals surface area contributed by atoms with Crippen LogP contribution in [0, 0.1) is 0 Å². The van der Waals surface area contributed by atoms with Gasteiger partial charge in [0.05, 0.1) is 0 Å². The first-order chi connectivity index (χ1) is 4.33. The van der Waals surface area contributed by atoms with Crippen molar-refractivity contribution >= 4 is 0 Å². The lowest BCUT2D eigenvalue weighted by molar-refractivity contribution is 0.475. The van der Waals surface area contributed by atoms with E-state index in [2.05, 4.69) is 0 Å². The van der Waals surface area contributed by atoms with Gasteiger partial charge in [-0.15, -0.1) is 0 Å². The fraction of sp³-hybridized carbons (Fsp3) is 0.143. The molecular formula is C7H8NO. The van der Waals surface area contributed by atoms with Crippen LogP contribution in [0.4, 0.5) is 0 Å². The monoisotopic (exact) mass is 122 g/mol. The van der Waals surface area contributed by atoms with Crippen molar-refractivity contribution in [2.24, 2.45) is 0 Å². The Hall–Kier alpha value is -1.02. The van der Waals surface area contributed by atoms with E-state index < -0.39 is 0 Å². The minimum Gasteiger partial charge on any atom is -0.508 e. The summed E-state index contributed by atoms with van der Waals surface area (Å²) in [5, 5.41) is 8.79. The van der Waals surface area contributed by atoms with E-state index in [0.29, 0.717) is 0 Å². The molecule has 2 heteroatoms. The molecule has 2 nitrogen and oxygen atoms in total. The van der Waals surface area contributed by atoms with Crippen molar-refractivity contribution < 1.29 is 5.11 Å². The highest BCUT2D eigenvalue weighted by Gasteiger charge is 1.87. The van der Waals surface area contributed by atoms with Crippen LogP contribution in [0.2, 0.25) is 0 Å². The van der Waals surface area contributed by atoms with Gasteiger partial charge in [0.15, 0.2) is 0 Å². The maximum Gasteiger partial charge on any atom is 0.115 e. The molecule has 0 aromatic heterocycles. The molecule has 1 radical (unpaired) electrons. The first kappa shape index (κ1) is 6.11. The summed E-state index contributed by atoms with van der Waals surface area (Å²) in [5.74, 6) is 0.257. The fourth-order valence-electron chi connectivity index (χ4n) is 0.614. The van der Waals surface area contributed by atoms with Gasteiger partial charge in [0, 0.05) is 6.54 Å². The molecule has 0 amide bonds. The average molecular weight is 122 g/mol. The summed E-state index contributed by atoms with van der Waals surface area (Å²) in [6, 6.07) is 6.65. The maximum atomic E-state index is 8.79. The topological polar surface area (TPSA) is 44.0 Å². The molecular weight excluding hydrogens is 114 g/mol. The van der Waals surface area contributed by atoms with Gasteiger partial charge in [-0.1, -0.05) is 12.1 Å².